The van der Waals surface area contributed by atoms with Crippen LogP contribution in [0.25, 0.3) is 0 Å². The monoisotopic (exact) mass is 304 g/mol. The third-order valence-electron chi connectivity index (χ3n) is 3.95. The van der Waals surface area contributed by atoms with Crippen molar-refractivity contribution in [2.45, 2.75) is 45.7 Å². The molecule has 1 aromatic heterocycles. The minimum absolute atomic E-state index is 0.0855. The van der Waals surface area contributed by atoms with Crippen molar-refractivity contribution in [1.29, 1.82) is 0 Å². The number of likely N-dealkylation sites (tertiary alicyclic amines) is 1. The first-order chi connectivity index (χ1) is 10.3. The Labute approximate surface area is 131 Å². The Morgan fingerprint density at radius 1 is 1.45 bits per heavy atom. The number of nitrogens with zero attached hydrogens (tertiary/aromatic N) is 2. The second kappa shape index (κ2) is 6.34. The molecule has 1 aliphatic heterocycles. The molecule has 0 aromatic carbocycles. The molecule has 2 amide bonds. The minimum Gasteiger partial charge on any atom is -0.372 e. The molecule has 2 rings (SSSR count). The average Bonchev–Trinajstić information content (AvgIpc) is 2.93. The van der Waals surface area contributed by atoms with Crippen molar-refractivity contribution in [1.82, 2.24) is 9.88 Å². The van der Waals surface area contributed by atoms with Crippen LogP contribution in [0.3, 0.4) is 0 Å². The third-order valence-corrected chi connectivity index (χ3v) is 3.95. The highest BCUT2D eigenvalue weighted by Crippen LogP contribution is 2.28. The number of carbonyl (C=O) groups is 2. The van der Waals surface area contributed by atoms with Gasteiger partial charge >= 0.3 is 0 Å². The quantitative estimate of drug-likeness (QED) is 0.879. The zero-order valence-corrected chi connectivity index (χ0v) is 13.4. The number of aromatic nitrogens is 1. The Balaban J connectivity index is 2.22. The summed E-state index contributed by atoms with van der Waals surface area (Å²) in [5.41, 5.74) is 5.90. The first-order valence-electron chi connectivity index (χ1n) is 7.57. The molecular weight excluding hydrogens is 280 g/mol. The maximum absolute atomic E-state index is 12.9. The van der Waals surface area contributed by atoms with E-state index in [0.29, 0.717) is 13.0 Å². The van der Waals surface area contributed by atoms with E-state index in [9.17, 15) is 9.59 Å². The first kappa shape index (κ1) is 16.3. The van der Waals surface area contributed by atoms with E-state index >= 15 is 0 Å². The van der Waals surface area contributed by atoms with Crippen molar-refractivity contribution in [2.24, 2.45) is 11.1 Å². The van der Waals surface area contributed by atoms with Crippen LogP contribution in [0, 0.1) is 5.41 Å². The standard InChI is InChI=1S/C16H24N4O2/c1-16(2,3)13(19-11-6-4-8-18-10-11)15(22)20-9-5-7-12(20)14(17)21/h4,6,8,10,12-13,19H,5,7,9H2,1-3H3,(H2,17,21)/t12-,13?/m0/s1. The second-order valence-corrected chi connectivity index (χ2v) is 6.78. The summed E-state index contributed by atoms with van der Waals surface area (Å²) >= 11 is 0. The van der Waals surface area contributed by atoms with Crippen molar-refractivity contribution < 1.29 is 9.59 Å². The largest absolute Gasteiger partial charge is 0.372 e. The molecule has 0 radical (unpaired) electrons. The lowest BCUT2D eigenvalue weighted by atomic mass is 9.85. The van der Waals surface area contributed by atoms with E-state index in [2.05, 4.69) is 10.3 Å². The van der Waals surface area contributed by atoms with E-state index in [1.54, 1.807) is 17.3 Å². The summed E-state index contributed by atoms with van der Waals surface area (Å²) < 4.78 is 0. The van der Waals surface area contributed by atoms with Crippen LogP contribution in [-0.4, -0.2) is 40.3 Å². The summed E-state index contributed by atoms with van der Waals surface area (Å²) in [6.07, 6.45) is 4.82. The maximum Gasteiger partial charge on any atom is 0.246 e. The molecule has 0 bridgehead atoms. The van der Waals surface area contributed by atoms with Gasteiger partial charge < -0.3 is 16.0 Å². The summed E-state index contributed by atoms with van der Waals surface area (Å²) in [4.78, 5) is 30.2. The van der Waals surface area contributed by atoms with E-state index in [-0.39, 0.29) is 11.3 Å². The Morgan fingerprint density at radius 2 is 2.18 bits per heavy atom. The molecule has 1 aliphatic rings. The Morgan fingerprint density at radius 3 is 2.73 bits per heavy atom. The predicted octanol–water partition coefficient (Wildman–Crippen LogP) is 1.38. The second-order valence-electron chi connectivity index (χ2n) is 6.78. The molecule has 6 heteroatoms. The van der Waals surface area contributed by atoms with Crippen LogP contribution in [0.5, 0.6) is 0 Å². The number of primary amides is 1. The van der Waals surface area contributed by atoms with Crippen molar-refractivity contribution >= 4 is 17.5 Å². The molecule has 22 heavy (non-hydrogen) atoms. The van der Waals surface area contributed by atoms with Crippen molar-refractivity contribution in [3.63, 3.8) is 0 Å². The number of rotatable bonds is 4. The topological polar surface area (TPSA) is 88.3 Å². The van der Waals surface area contributed by atoms with Gasteiger partial charge in [-0.15, -0.1) is 0 Å². The molecule has 2 atom stereocenters. The van der Waals surface area contributed by atoms with Gasteiger partial charge in [0.05, 0.1) is 5.69 Å². The minimum atomic E-state index is -0.493. The van der Waals surface area contributed by atoms with E-state index in [0.717, 1.165) is 12.1 Å². The fourth-order valence-electron chi connectivity index (χ4n) is 2.76. The summed E-state index contributed by atoms with van der Waals surface area (Å²) in [7, 11) is 0. The molecule has 1 saturated heterocycles. The molecule has 0 aliphatic carbocycles. The third kappa shape index (κ3) is 3.55. The Bertz CT molecular complexity index is 539. The predicted molar refractivity (Wildman–Crippen MR) is 85.0 cm³/mol. The molecule has 2 heterocycles. The number of nitrogens with two attached hydrogens (primary N) is 1. The van der Waals surface area contributed by atoms with Crippen molar-refractivity contribution in [2.75, 3.05) is 11.9 Å². The van der Waals surface area contributed by atoms with Crippen molar-refractivity contribution in [3.8, 4) is 0 Å². The molecular formula is C16H24N4O2. The zero-order valence-electron chi connectivity index (χ0n) is 13.4. The smallest absolute Gasteiger partial charge is 0.246 e. The lowest BCUT2D eigenvalue weighted by molar-refractivity contribution is -0.139. The van der Waals surface area contributed by atoms with Gasteiger partial charge in [0, 0.05) is 18.9 Å². The van der Waals surface area contributed by atoms with Gasteiger partial charge in [-0.25, -0.2) is 0 Å². The molecule has 6 nitrogen and oxygen atoms in total. The molecule has 120 valence electrons. The highest BCUT2D eigenvalue weighted by Gasteiger charge is 2.40. The van der Waals surface area contributed by atoms with Gasteiger partial charge in [-0.05, 0) is 30.4 Å². The van der Waals surface area contributed by atoms with E-state index in [1.165, 1.54) is 0 Å². The van der Waals surface area contributed by atoms with Gasteiger partial charge in [-0.1, -0.05) is 20.8 Å². The number of anilines is 1. The summed E-state index contributed by atoms with van der Waals surface area (Å²) in [5, 5.41) is 3.25. The van der Waals surface area contributed by atoms with E-state index in [4.69, 9.17) is 5.73 Å². The highest BCUT2D eigenvalue weighted by molar-refractivity contribution is 5.91. The van der Waals surface area contributed by atoms with Gasteiger partial charge in [0.2, 0.25) is 11.8 Å². The van der Waals surface area contributed by atoms with Crippen LogP contribution < -0.4 is 11.1 Å². The van der Waals surface area contributed by atoms with E-state index < -0.39 is 18.0 Å². The van der Waals surface area contributed by atoms with Crippen LogP contribution in [0.2, 0.25) is 0 Å². The van der Waals surface area contributed by atoms with E-state index in [1.807, 2.05) is 32.9 Å². The first-order valence-corrected chi connectivity index (χ1v) is 7.57. The fraction of sp³-hybridized carbons (Fsp3) is 0.562. The zero-order chi connectivity index (χ0) is 16.3. The van der Waals surface area contributed by atoms with Gasteiger partial charge in [0.1, 0.15) is 12.1 Å². The molecule has 0 saturated carbocycles. The molecule has 3 N–H and O–H groups in total. The molecule has 1 unspecified atom stereocenters. The normalized spacial score (nSPS) is 19.8. The molecule has 1 aromatic rings. The van der Waals surface area contributed by atoms with Crippen molar-refractivity contribution in [3.05, 3.63) is 24.5 Å². The highest BCUT2D eigenvalue weighted by atomic mass is 16.2. The van der Waals surface area contributed by atoms with Crippen LogP contribution in [0.1, 0.15) is 33.6 Å². The SMILES string of the molecule is CC(C)(C)C(Nc1cccnc1)C(=O)N1CCC[C@H]1C(N)=O. The molecule has 0 spiro atoms. The van der Waals surface area contributed by atoms with Crippen LogP contribution in [0.4, 0.5) is 5.69 Å². The number of pyridine rings is 1. The van der Waals surface area contributed by atoms with Crippen LogP contribution in [0.15, 0.2) is 24.5 Å². The van der Waals surface area contributed by atoms with Crippen LogP contribution in [-0.2, 0) is 9.59 Å². The number of carbonyl (C=O) groups excluding carboxylic acids is 2. The number of hydrogen-bond donors (Lipinski definition) is 2. The lowest BCUT2D eigenvalue weighted by Gasteiger charge is -2.35. The van der Waals surface area contributed by atoms with Gasteiger partial charge in [0.15, 0.2) is 0 Å². The molecule has 1 fully saturated rings. The van der Waals surface area contributed by atoms with Gasteiger partial charge in [-0.2, -0.15) is 0 Å². The Hall–Kier alpha value is -2.11. The fourth-order valence-corrected chi connectivity index (χ4v) is 2.76. The number of amides is 2. The maximum atomic E-state index is 12.9. The average molecular weight is 304 g/mol. The summed E-state index contributed by atoms with van der Waals surface area (Å²) in [5.74, 6) is -0.516. The van der Waals surface area contributed by atoms with Gasteiger partial charge in [-0.3, -0.25) is 14.6 Å². The summed E-state index contributed by atoms with van der Waals surface area (Å²) in [6.45, 7) is 6.56. The Kier molecular flexibility index (Phi) is 4.68. The number of hydrogen-bond acceptors (Lipinski definition) is 4. The summed E-state index contributed by atoms with van der Waals surface area (Å²) in [6, 6.07) is 2.74. The van der Waals surface area contributed by atoms with Crippen LogP contribution >= 0.6 is 0 Å². The number of nitrogens with one attached hydrogen (secondary N) is 1. The van der Waals surface area contributed by atoms with Gasteiger partial charge in [0.25, 0.3) is 0 Å². The lowest BCUT2D eigenvalue weighted by Crippen LogP contribution is -2.53.